The van der Waals surface area contributed by atoms with Crippen LogP contribution in [0.3, 0.4) is 0 Å². The summed E-state index contributed by atoms with van der Waals surface area (Å²) in [6, 6.07) is 8.90. The summed E-state index contributed by atoms with van der Waals surface area (Å²) in [4.78, 5) is 13.7. The van der Waals surface area contributed by atoms with Gasteiger partial charge in [-0.25, -0.2) is 0 Å². The predicted molar refractivity (Wildman–Crippen MR) is 79.2 cm³/mol. The zero-order valence-electron chi connectivity index (χ0n) is 11.9. The van der Waals surface area contributed by atoms with Crippen LogP contribution in [0.15, 0.2) is 36.4 Å². The molecule has 1 saturated heterocycles. The van der Waals surface area contributed by atoms with E-state index in [4.69, 9.17) is 0 Å². The largest absolute Gasteiger partial charge is 0.339 e. The molecule has 102 valence electrons. The number of carbonyl (C=O) groups is 1. The van der Waals surface area contributed by atoms with Crippen molar-refractivity contribution in [3.8, 4) is 0 Å². The van der Waals surface area contributed by atoms with Crippen LogP contribution in [-0.4, -0.2) is 23.9 Å². The van der Waals surface area contributed by atoms with Crippen molar-refractivity contribution in [3.63, 3.8) is 0 Å². The Morgan fingerprint density at radius 1 is 1.37 bits per heavy atom. The van der Waals surface area contributed by atoms with Crippen molar-refractivity contribution in [2.24, 2.45) is 0 Å². The molecule has 2 nitrogen and oxygen atoms in total. The molecule has 0 aliphatic carbocycles. The van der Waals surface area contributed by atoms with Gasteiger partial charge in [0.15, 0.2) is 0 Å². The van der Waals surface area contributed by atoms with Gasteiger partial charge in [-0.05, 0) is 49.3 Å². The maximum absolute atomic E-state index is 11.8. The third-order valence-corrected chi connectivity index (χ3v) is 3.95. The molecular formula is C17H23NO. The molecule has 2 rings (SSSR count). The summed E-state index contributed by atoms with van der Waals surface area (Å²) in [5.74, 6) is 0.768. The smallest absolute Gasteiger partial charge is 0.246 e. The Morgan fingerprint density at radius 2 is 2.11 bits per heavy atom. The molecule has 0 bridgehead atoms. The second kappa shape index (κ2) is 6.55. The Hall–Kier alpha value is -1.57. The van der Waals surface area contributed by atoms with Gasteiger partial charge >= 0.3 is 0 Å². The Morgan fingerprint density at radius 3 is 2.74 bits per heavy atom. The highest BCUT2D eigenvalue weighted by Gasteiger charge is 2.22. The Bertz CT molecular complexity index is 456. The van der Waals surface area contributed by atoms with Crippen LogP contribution in [-0.2, 0) is 11.2 Å². The van der Waals surface area contributed by atoms with Gasteiger partial charge in [0.2, 0.25) is 5.91 Å². The molecule has 1 amide bonds. The summed E-state index contributed by atoms with van der Waals surface area (Å²) >= 11 is 0. The zero-order valence-corrected chi connectivity index (χ0v) is 11.9. The number of carbonyl (C=O) groups excluding carboxylic acids is 1. The first-order valence-corrected chi connectivity index (χ1v) is 7.25. The second-order valence-corrected chi connectivity index (χ2v) is 5.20. The lowest BCUT2D eigenvalue weighted by atomic mass is 9.88. The number of rotatable bonds is 3. The lowest BCUT2D eigenvalue weighted by molar-refractivity contribution is -0.127. The van der Waals surface area contributed by atoms with Crippen molar-refractivity contribution in [3.05, 3.63) is 47.5 Å². The van der Waals surface area contributed by atoms with Gasteiger partial charge in [0.05, 0.1) is 0 Å². The number of piperidine rings is 1. The number of hydrogen-bond donors (Lipinski definition) is 0. The Labute approximate surface area is 116 Å². The van der Waals surface area contributed by atoms with Crippen molar-refractivity contribution >= 4 is 5.91 Å². The first-order valence-electron chi connectivity index (χ1n) is 7.25. The third-order valence-electron chi connectivity index (χ3n) is 3.95. The number of nitrogens with zero attached hydrogens (tertiary/aromatic N) is 1. The van der Waals surface area contributed by atoms with E-state index in [2.05, 4.69) is 31.2 Å². The summed E-state index contributed by atoms with van der Waals surface area (Å²) in [5, 5.41) is 0. The summed E-state index contributed by atoms with van der Waals surface area (Å²) in [6.07, 6.45) is 6.73. The molecule has 1 aliphatic heterocycles. The summed E-state index contributed by atoms with van der Waals surface area (Å²) in [6.45, 7) is 5.84. The van der Waals surface area contributed by atoms with E-state index in [0.29, 0.717) is 5.92 Å². The molecular weight excluding hydrogens is 234 g/mol. The van der Waals surface area contributed by atoms with E-state index >= 15 is 0 Å². The number of benzene rings is 1. The van der Waals surface area contributed by atoms with E-state index in [0.717, 1.165) is 32.4 Å². The van der Waals surface area contributed by atoms with Crippen molar-refractivity contribution in [1.82, 2.24) is 4.90 Å². The first kappa shape index (κ1) is 13.9. The van der Waals surface area contributed by atoms with Gasteiger partial charge in [0, 0.05) is 13.1 Å². The number of allylic oxidation sites excluding steroid dienone is 1. The van der Waals surface area contributed by atoms with Crippen LogP contribution in [0.1, 0.15) is 43.7 Å². The topological polar surface area (TPSA) is 20.3 Å². The van der Waals surface area contributed by atoms with Crippen LogP contribution in [0.25, 0.3) is 0 Å². The quantitative estimate of drug-likeness (QED) is 0.759. The van der Waals surface area contributed by atoms with Crippen molar-refractivity contribution < 1.29 is 4.79 Å². The first-order chi connectivity index (χ1) is 9.24. The van der Waals surface area contributed by atoms with E-state index in [1.54, 1.807) is 6.08 Å². The molecule has 1 aliphatic rings. The predicted octanol–water partition coefficient (Wildman–Crippen LogP) is 3.53. The summed E-state index contributed by atoms with van der Waals surface area (Å²) < 4.78 is 0. The van der Waals surface area contributed by atoms with E-state index < -0.39 is 0 Å². The van der Waals surface area contributed by atoms with Gasteiger partial charge in [-0.3, -0.25) is 4.79 Å². The molecule has 0 unspecified atom stereocenters. The molecule has 0 N–H and O–H groups in total. The van der Waals surface area contributed by atoms with Crippen LogP contribution in [0, 0.1) is 0 Å². The molecule has 1 heterocycles. The van der Waals surface area contributed by atoms with E-state index in [1.807, 2.05) is 17.9 Å². The fraction of sp³-hybridized carbons (Fsp3) is 0.471. The van der Waals surface area contributed by atoms with Crippen molar-refractivity contribution in [2.75, 3.05) is 13.1 Å². The highest BCUT2D eigenvalue weighted by Crippen LogP contribution is 2.28. The van der Waals surface area contributed by atoms with Gasteiger partial charge in [-0.15, -0.1) is 0 Å². The molecule has 1 fully saturated rings. The van der Waals surface area contributed by atoms with Crippen LogP contribution < -0.4 is 0 Å². The molecule has 1 aromatic rings. The lowest BCUT2D eigenvalue weighted by Gasteiger charge is -2.31. The fourth-order valence-electron chi connectivity index (χ4n) is 2.75. The van der Waals surface area contributed by atoms with Gasteiger partial charge in [0.25, 0.3) is 0 Å². The van der Waals surface area contributed by atoms with E-state index in [-0.39, 0.29) is 5.91 Å². The summed E-state index contributed by atoms with van der Waals surface area (Å²) in [5.41, 5.74) is 2.85. The number of hydrogen-bond acceptors (Lipinski definition) is 1. The molecule has 0 saturated carbocycles. The minimum absolute atomic E-state index is 0.156. The Balaban J connectivity index is 1.97. The number of likely N-dealkylation sites (tertiary alicyclic amines) is 1. The Kier molecular flexibility index (Phi) is 4.78. The van der Waals surface area contributed by atoms with Gasteiger partial charge in [-0.1, -0.05) is 37.3 Å². The highest BCUT2D eigenvalue weighted by molar-refractivity contribution is 5.87. The average Bonchev–Trinajstić information content (AvgIpc) is 2.48. The maximum Gasteiger partial charge on any atom is 0.246 e. The van der Waals surface area contributed by atoms with Gasteiger partial charge in [0.1, 0.15) is 0 Å². The standard InChI is InChI=1S/C17H23NO/c1-3-6-17(19)18-11-9-15(10-12-18)16-8-5-7-14(4-2)13-16/h3,5-8,13,15H,4,9-12H2,1-2H3/b6-3+. The third kappa shape index (κ3) is 3.46. The molecule has 2 heteroatoms. The van der Waals surface area contributed by atoms with Crippen LogP contribution >= 0.6 is 0 Å². The van der Waals surface area contributed by atoms with E-state index in [9.17, 15) is 4.79 Å². The molecule has 0 aromatic heterocycles. The number of aryl methyl sites for hydroxylation is 1. The second-order valence-electron chi connectivity index (χ2n) is 5.20. The minimum atomic E-state index is 0.156. The molecule has 0 spiro atoms. The minimum Gasteiger partial charge on any atom is -0.339 e. The average molecular weight is 257 g/mol. The molecule has 19 heavy (non-hydrogen) atoms. The van der Waals surface area contributed by atoms with Crippen LogP contribution in [0.4, 0.5) is 0 Å². The zero-order chi connectivity index (χ0) is 13.7. The molecule has 0 atom stereocenters. The number of amides is 1. The SMILES string of the molecule is C/C=C/C(=O)N1CCC(c2cccc(CC)c2)CC1. The maximum atomic E-state index is 11.8. The monoisotopic (exact) mass is 257 g/mol. The summed E-state index contributed by atoms with van der Waals surface area (Å²) in [7, 11) is 0. The van der Waals surface area contributed by atoms with Crippen LogP contribution in [0.2, 0.25) is 0 Å². The van der Waals surface area contributed by atoms with Crippen LogP contribution in [0.5, 0.6) is 0 Å². The normalized spacial score (nSPS) is 17.1. The highest BCUT2D eigenvalue weighted by atomic mass is 16.2. The molecule has 0 radical (unpaired) electrons. The lowest BCUT2D eigenvalue weighted by Crippen LogP contribution is -2.36. The molecule has 1 aromatic carbocycles. The van der Waals surface area contributed by atoms with Crippen molar-refractivity contribution in [1.29, 1.82) is 0 Å². The fourth-order valence-corrected chi connectivity index (χ4v) is 2.75. The van der Waals surface area contributed by atoms with Crippen molar-refractivity contribution in [2.45, 2.75) is 39.0 Å². The van der Waals surface area contributed by atoms with Gasteiger partial charge in [-0.2, -0.15) is 0 Å². The van der Waals surface area contributed by atoms with E-state index in [1.165, 1.54) is 11.1 Å². The van der Waals surface area contributed by atoms with Gasteiger partial charge < -0.3 is 4.90 Å².